The first-order valence-electron chi connectivity index (χ1n) is 10.4. The summed E-state index contributed by atoms with van der Waals surface area (Å²) in [5, 5.41) is 22.5. The lowest BCUT2D eigenvalue weighted by Crippen LogP contribution is -2.51. The highest BCUT2D eigenvalue weighted by molar-refractivity contribution is 6.10. The molecule has 7 nitrogen and oxygen atoms in total. The van der Waals surface area contributed by atoms with Crippen molar-refractivity contribution in [2.45, 2.75) is 50.8 Å². The fraction of sp³-hybridized carbons (Fsp3) is 0.320. The fourth-order valence-corrected chi connectivity index (χ4v) is 4.57. The van der Waals surface area contributed by atoms with Crippen LogP contribution in [0.5, 0.6) is 28.7 Å². The number of rotatable bonds is 0. The van der Waals surface area contributed by atoms with Gasteiger partial charge in [0, 0.05) is 23.3 Å². The molecule has 4 heterocycles. The molecule has 4 aliphatic rings. The van der Waals surface area contributed by atoms with E-state index in [0.29, 0.717) is 28.4 Å². The molecule has 4 aliphatic heterocycles. The lowest BCUT2D eigenvalue weighted by Gasteiger charge is -2.35. The van der Waals surface area contributed by atoms with Crippen LogP contribution in [0.2, 0.25) is 0 Å². The van der Waals surface area contributed by atoms with Gasteiger partial charge in [0.25, 0.3) is 6.29 Å². The molecule has 2 N–H and O–H groups in total. The number of ether oxygens (including phenoxy) is 4. The molecule has 2 atom stereocenters. The Morgan fingerprint density at radius 3 is 2.22 bits per heavy atom. The van der Waals surface area contributed by atoms with Crippen molar-refractivity contribution in [3.8, 4) is 28.7 Å². The minimum Gasteiger partial charge on any atom is -0.506 e. The van der Waals surface area contributed by atoms with Crippen LogP contribution in [0.1, 0.15) is 54.7 Å². The highest BCUT2D eigenvalue weighted by Crippen LogP contribution is 2.54. The zero-order chi connectivity index (χ0) is 22.6. The Bertz CT molecular complexity index is 1280. The van der Waals surface area contributed by atoms with Crippen molar-refractivity contribution in [3.05, 3.63) is 52.6 Å². The SMILES string of the molecule is CC1(C)C=Cc2cc3c(cc2O1)O[C@@H]1Oc2cc4c(c(O)c2C(=O)[C@@]31O)C=CC(C)(C)O4. The number of hydrogen-bond donors (Lipinski definition) is 2. The number of phenolic OH excluding ortho intramolecular Hbond substituents is 1. The van der Waals surface area contributed by atoms with E-state index < -0.39 is 28.9 Å². The molecule has 0 aliphatic carbocycles. The van der Waals surface area contributed by atoms with Gasteiger partial charge in [0.1, 0.15) is 45.5 Å². The molecule has 2 aromatic carbocycles. The van der Waals surface area contributed by atoms with Gasteiger partial charge in [0.05, 0.1) is 5.56 Å². The third-order valence-corrected chi connectivity index (χ3v) is 6.23. The number of phenols is 1. The normalized spacial score (nSPS) is 26.9. The first-order valence-corrected chi connectivity index (χ1v) is 10.4. The summed E-state index contributed by atoms with van der Waals surface area (Å²) < 4.78 is 23.7. The molecule has 0 saturated carbocycles. The molecule has 32 heavy (non-hydrogen) atoms. The van der Waals surface area contributed by atoms with Crippen LogP contribution >= 0.6 is 0 Å². The smallest absolute Gasteiger partial charge is 0.281 e. The van der Waals surface area contributed by atoms with Gasteiger partial charge in [-0.25, -0.2) is 0 Å². The second kappa shape index (κ2) is 5.66. The lowest BCUT2D eigenvalue weighted by atomic mass is 9.82. The number of fused-ring (bicyclic) bond motifs is 6. The van der Waals surface area contributed by atoms with Gasteiger partial charge in [-0.3, -0.25) is 4.79 Å². The van der Waals surface area contributed by atoms with E-state index in [9.17, 15) is 15.0 Å². The summed E-state index contributed by atoms with van der Waals surface area (Å²) in [6.45, 7) is 7.62. The summed E-state index contributed by atoms with van der Waals surface area (Å²) in [6.07, 6.45) is 5.98. The van der Waals surface area contributed by atoms with Crippen LogP contribution in [0.4, 0.5) is 0 Å². The molecule has 0 aromatic heterocycles. The number of aliphatic hydroxyl groups is 1. The predicted molar refractivity (Wildman–Crippen MR) is 115 cm³/mol. The van der Waals surface area contributed by atoms with Crippen LogP contribution in [0.25, 0.3) is 12.2 Å². The number of ketones is 1. The standard InChI is InChI=1S/C25H22O7/c1-23(2)7-5-12-9-14-17(10-15(12)31-23)29-22-25(14,28)21(27)19-18(30-22)11-16-13(20(19)26)6-8-24(3,4)32-16/h5-11,22,26,28H,1-4H3/t22-,25+/m1/s1. The van der Waals surface area contributed by atoms with Crippen molar-refractivity contribution in [1.82, 2.24) is 0 Å². The highest BCUT2D eigenvalue weighted by Gasteiger charge is 2.60. The molecule has 0 fully saturated rings. The average molecular weight is 434 g/mol. The second-order valence-electron chi connectivity index (χ2n) is 9.64. The lowest BCUT2D eigenvalue weighted by molar-refractivity contribution is -0.118. The van der Waals surface area contributed by atoms with Crippen LogP contribution in [-0.4, -0.2) is 33.5 Å². The molecule has 0 amide bonds. The molecule has 2 aromatic rings. The number of Topliss-reactive ketones (excluding diaryl/α,β-unsaturated/α-hetero) is 1. The van der Waals surface area contributed by atoms with Gasteiger partial charge >= 0.3 is 0 Å². The minimum absolute atomic E-state index is 0.0990. The largest absolute Gasteiger partial charge is 0.506 e. The maximum atomic E-state index is 13.6. The van der Waals surface area contributed by atoms with Crippen LogP contribution in [0, 0.1) is 0 Å². The van der Waals surface area contributed by atoms with E-state index in [4.69, 9.17) is 18.9 Å². The molecule has 7 heteroatoms. The van der Waals surface area contributed by atoms with Gasteiger partial charge in [-0.2, -0.15) is 0 Å². The third-order valence-electron chi connectivity index (χ3n) is 6.23. The Hall–Kier alpha value is -3.45. The topological polar surface area (TPSA) is 94.5 Å². The molecular weight excluding hydrogens is 412 g/mol. The van der Waals surface area contributed by atoms with Crippen LogP contribution in [0.3, 0.4) is 0 Å². The Kier molecular flexibility index (Phi) is 3.41. The molecule has 0 spiro atoms. The average Bonchev–Trinajstić information content (AvgIpc) is 2.97. The fourth-order valence-electron chi connectivity index (χ4n) is 4.57. The number of hydrogen-bond acceptors (Lipinski definition) is 7. The zero-order valence-electron chi connectivity index (χ0n) is 18.1. The third kappa shape index (κ3) is 2.42. The van der Waals surface area contributed by atoms with Crippen LogP contribution in [-0.2, 0) is 5.60 Å². The Morgan fingerprint density at radius 2 is 1.47 bits per heavy atom. The van der Waals surface area contributed by atoms with Crippen molar-refractivity contribution in [2.75, 3.05) is 0 Å². The summed E-state index contributed by atoms with van der Waals surface area (Å²) in [7, 11) is 0. The van der Waals surface area contributed by atoms with Gasteiger partial charge in [0.15, 0.2) is 0 Å². The van der Waals surface area contributed by atoms with Gasteiger partial charge in [-0.05, 0) is 52.0 Å². The summed E-state index contributed by atoms with van der Waals surface area (Å²) in [5.74, 6) is 0.382. The Balaban J connectivity index is 1.49. The first kappa shape index (κ1) is 19.3. The molecule has 164 valence electrons. The monoisotopic (exact) mass is 434 g/mol. The summed E-state index contributed by atoms with van der Waals surface area (Å²) in [5.41, 5.74) is -1.92. The minimum atomic E-state index is -2.11. The van der Waals surface area contributed by atoms with E-state index in [2.05, 4.69) is 0 Å². The quantitative estimate of drug-likeness (QED) is 0.649. The van der Waals surface area contributed by atoms with E-state index in [1.807, 2.05) is 39.8 Å². The van der Waals surface area contributed by atoms with Gasteiger partial charge in [-0.1, -0.05) is 6.08 Å². The maximum absolute atomic E-state index is 13.6. The Labute approximate surface area is 184 Å². The number of benzene rings is 2. The molecule has 0 radical (unpaired) electrons. The zero-order valence-corrected chi connectivity index (χ0v) is 18.1. The summed E-state index contributed by atoms with van der Waals surface area (Å²) in [6, 6.07) is 4.88. The first-order chi connectivity index (χ1) is 15.0. The molecule has 0 unspecified atom stereocenters. The number of aromatic hydroxyl groups is 1. The van der Waals surface area contributed by atoms with E-state index in [0.717, 1.165) is 0 Å². The van der Waals surface area contributed by atoms with Crippen molar-refractivity contribution in [3.63, 3.8) is 0 Å². The van der Waals surface area contributed by atoms with Gasteiger partial charge in [-0.15, -0.1) is 0 Å². The molecule has 0 bridgehead atoms. The van der Waals surface area contributed by atoms with Gasteiger partial charge < -0.3 is 29.2 Å². The molecular formula is C25H22O7. The number of carbonyl (C=O) groups is 1. The van der Waals surface area contributed by atoms with Crippen molar-refractivity contribution in [1.29, 1.82) is 0 Å². The van der Waals surface area contributed by atoms with Crippen molar-refractivity contribution in [2.24, 2.45) is 0 Å². The Morgan fingerprint density at radius 1 is 0.844 bits per heavy atom. The number of carbonyl (C=O) groups excluding carboxylic acids is 1. The van der Waals surface area contributed by atoms with E-state index in [1.165, 1.54) is 0 Å². The highest BCUT2D eigenvalue weighted by atomic mass is 16.7. The van der Waals surface area contributed by atoms with E-state index >= 15 is 0 Å². The van der Waals surface area contributed by atoms with Crippen molar-refractivity contribution >= 4 is 17.9 Å². The van der Waals surface area contributed by atoms with E-state index in [-0.39, 0.29) is 22.6 Å². The second-order valence-corrected chi connectivity index (χ2v) is 9.64. The predicted octanol–water partition coefficient (Wildman–Crippen LogP) is 3.94. The molecule has 6 rings (SSSR count). The van der Waals surface area contributed by atoms with Crippen LogP contribution in [0.15, 0.2) is 30.4 Å². The summed E-state index contributed by atoms with van der Waals surface area (Å²) >= 11 is 0. The van der Waals surface area contributed by atoms with Crippen molar-refractivity contribution < 1.29 is 34.0 Å². The van der Waals surface area contributed by atoms with Gasteiger partial charge in [0.2, 0.25) is 11.4 Å². The molecule has 0 saturated heterocycles. The van der Waals surface area contributed by atoms with E-state index in [1.54, 1.807) is 30.4 Å². The maximum Gasteiger partial charge on any atom is 0.281 e. The van der Waals surface area contributed by atoms with Crippen LogP contribution < -0.4 is 18.9 Å². The summed E-state index contributed by atoms with van der Waals surface area (Å²) in [4.78, 5) is 13.6.